The first-order valence-electron chi connectivity index (χ1n) is 3.91. The van der Waals surface area contributed by atoms with E-state index in [0.29, 0.717) is 5.56 Å². The Morgan fingerprint density at radius 1 is 1.08 bits per heavy atom. The summed E-state index contributed by atoms with van der Waals surface area (Å²) in [5.41, 5.74) is 1.50. The van der Waals surface area contributed by atoms with Gasteiger partial charge in [0.1, 0.15) is 0 Å². The van der Waals surface area contributed by atoms with Gasteiger partial charge in [0.2, 0.25) is 5.75 Å². The number of benzene rings is 1. The first-order chi connectivity index (χ1) is 6.02. The van der Waals surface area contributed by atoms with Crippen LogP contribution < -0.4 is 0 Å². The second-order valence-electron chi connectivity index (χ2n) is 3.09. The van der Waals surface area contributed by atoms with Crippen LogP contribution in [0.15, 0.2) is 17.7 Å². The summed E-state index contributed by atoms with van der Waals surface area (Å²) in [5.74, 6) is -1.08. The monoisotopic (exact) mass is 180 g/mol. The first kappa shape index (κ1) is 9.45. The topological polar surface area (TPSA) is 60.7 Å². The van der Waals surface area contributed by atoms with Gasteiger partial charge in [-0.1, -0.05) is 11.6 Å². The molecule has 0 atom stereocenters. The lowest BCUT2D eigenvalue weighted by Gasteiger charge is -2.03. The van der Waals surface area contributed by atoms with Crippen LogP contribution >= 0.6 is 0 Å². The average molecular weight is 180 g/mol. The van der Waals surface area contributed by atoms with E-state index in [1.54, 1.807) is 6.08 Å². The summed E-state index contributed by atoms with van der Waals surface area (Å²) < 4.78 is 0. The van der Waals surface area contributed by atoms with Crippen molar-refractivity contribution in [2.75, 3.05) is 0 Å². The second kappa shape index (κ2) is 3.39. The minimum Gasteiger partial charge on any atom is -0.504 e. The molecule has 13 heavy (non-hydrogen) atoms. The van der Waals surface area contributed by atoms with Crippen molar-refractivity contribution in [3.63, 3.8) is 0 Å². The van der Waals surface area contributed by atoms with Gasteiger partial charge in [0.15, 0.2) is 11.5 Å². The van der Waals surface area contributed by atoms with Gasteiger partial charge in [-0.15, -0.1) is 0 Å². The molecule has 3 heteroatoms. The molecule has 0 amide bonds. The fourth-order valence-electron chi connectivity index (χ4n) is 1.01. The lowest BCUT2D eigenvalue weighted by atomic mass is 10.1. The number of hydrogen-bond donors (Lipinski definition) is 3. The Kier molecular flexibility index (Phi) is 2.46. The van der Waals surface area contributed by atoms with Gasteiger partial charge < -0.3 is 15.3 Å². The minimum absolute atomic E-state index is 0.291. The molecule has 1 aromatic carbocycles. The number of hydrogen-bond acceptors (Lipinski definition) is 3. The minimum atomic E-state index is -0.477. The van der Waals surface area contributed by atoms with Crippen LogP contribution in [0.2, 0.25) is 0 Å². The van der Waals surface area contributed by atoms with Crippen LogP contribution in [0, 0.1) is 0 Å². The molecule has 0 unspecified atom stereocenters. The zero-order valence-corrected chi connectivity index (χ0v) is 7.57. The van der Waals surface area contributed by atoms with Crippen LogP contribution in [-0.2, 0) is 0 Å². The number of phenols is 3. The highest BCUT2D eigenvalue weighted by Crippen LogP contribution is 2.37. The van der Waals surface area contributed by atoms with E-state index >= 15 is 0 Å². The lowest BCUT2D eigenvalue weighted by molar-refractivity contribution is 0.367. The molecule has 0 saturated heterocycles. The highest BCUT2D eigenvalue weighted by molar-refractivity contribution is 5.65. The number of allylic oxidation sites excluding steroid dienone is 1. The van der Waals surface area contributed by atoms with E-state index in [9.17, 15) is 10.2 Å². The normalized spacial score (nSPS) is 9.69. The number of aromatic hydroxyl groups is 3. The molecule has 0 fully saturated rings. The predicted octanol–water partition coefficient (Wildman–Crippen LogP) is 2.23. The molecule has 3 N–H and O–H groups in total. The zero-order valence-electron chi connectivity index (χ0n) is 7.57. The van der Waals surface area contributed by atoms with E-state index in [1.807, 2.05) is 13.8 Å². The van der Waals surface area contributed by atoms with Crippen LogP contribution in [0.3, 0.4) is 0 Å². The Bertz CT molecular complexity index is 349. The van der Waals surface area contributed by atoms with E-state index in [0.717, 1.165) is 5.57 Å². The Morgan fingerprint density at radius 3 is 2.23 bits per heavy atom. The lowest BCUT2D eigenvalue weighted by Crippen LogP contribution is -1.78. The number of phenolic OH excluding ortho intramolecular Hbond substituents is 3. The first-order valence-corrected chi connectivity index (χ1v) is 3.91. The predicted molar refractivity (Wildman–Crippen MR) is 50.8 cm³/mol. The molecule has 0 radical (unpaired) electrons. The molecule has 1 rings (SSSR count). The van der Waals surface area contributed by atoms with Gasteiger partial charge in [0.25, 0.3) is 0 Å². The van der Waals surface area contributed by atoms with Crippen LogP contribution in [0.1, 0.15) is 19.4 Å². The molecule has 0 saturated carbocycles. The Labute approximate surface area is 76.6 Å². The summed E-state index contributed by atoms with van der Waals surface area (Å²) in [7, 11) is 0. The largest absolute Gasteiger partial charge is 0.504 e. The molecule has 70 valence electrons. The van der Waals surface area contributed by atoms with E-state index < -0.39 is 5.75 Å². The number of rotatable bonds is 1. The average Bonchev–Trinajstić information content (AvgIpc) is 2.06. The molecule has 0 spiro atoms. The van der Waals surface area contributed by atoms with Gasteiger partial charge in [-0.2, -0.15) is 0 Å². The molecule has 0 aliphatic carbocycles. The van der Waals surface area contributed by atoms with Crippen molar-refractivity contribution in [1.29, 1.82) is 0 Å². The summed E-state index contributed by atoms with van der Waals surface area (Å²) in [4.78, 5) is 0. The van der Waals surface area contributed by atoms with Gasteiger partial charge in [-0.05, 0) is 26.0 Å². The highest BCUT2D eigenvalue weighted by Gasteiger charge is 2.08. The third-order valence-electron chi connectivity index (χ3n) is 1.61. The van der Waals surface area contributed by atoms with E-state index in [-0.39, 0.29) is 11.5 Å². The van der Waals surface area contributed by atoms with Gasteiger partial charge >= 0.3 is 0 Å². The maximum absolute atomic E-state index is 9.37. The van der Waals surface area contributed by atoms with Crippen molar-refractivity contribution in [2.24, 2.45) is 0 Å². The van der Waals surface area contributed by atoms with E-state index in [2.05, 4.69) is 0 Å². The molecular formula is C10H12O3. The zero-order chi connectivity index (χ0) is 10.0. The molecule has 0 bridgehead atoms. The summed E-state index contributed by atoms with van der Waals surface area (Å²) in [6, 6.07) is 2.88. The Balaban J connectivity index is 3.26. The molecule has 0 heterocycles. The molecule has 3 nitrogen and oxygen atoms in total. The van der Waals surface area contributed by atoms with Crippen LogP contribution in [-0.4, -0.2) is 15.3 Å². The quantitative estimate of drug-likeness (QED) is 0.581. The fraction of sp³-hybridized carbons (Fsp3) is 0.200. The standard InChI is InChI=1S/C10H12O3/c1-6(2)5-7-3-4-8(11)10(13)9(7)12/h3-5,11-13H,1-2H3. The van der Waals surface area contributed by atoms with Gasteiger partial charge in [-0.25, -0.2) is 0 Å². The Hall–Kier alpha value is -1.64. The third-order valence-corrected chi connectivity index (χ3v) is 1.61. The molecular weight excluding hydrogens is 168 g/mol. The van der Waals surface area contributed by atoms with Crippen molar-refractivity contribution in [3.05, 3.63) is 23.3 Å². The second-order valence-corrected chi connectivity index (χ2v) is 3.09. The third kappa shape index (κ3) is 1.93. The fourth-order valence-corrected chi connectivity index (χ4v) is 1.01. The van der Waals surface area contributed by atoms with Gasteiger partial charge in [-0.3, -0.25) is 0 Å². The van der Waals surface area contributed by atoms with Crippen LogP contribution in [0.4, 0.5) is 0 Å². The smallest absolute Gasteiger partial charge is 0.200 e. The van der Waals surface area contributed by atoms with Gasteiger partial charge in [0.05, 0.1) is 0 Å². The molecule has 0 aliphatic rings. The van der Waals surface area contributed by atoms with Crippen molar-refractivity contribution < 1.29 is 15.3 Å². The Morgan fingerprint density at radius 2 is 1.69 bits per heavy atom. The maximum atomic E-state index is 9.37. The summed E-state index contributed by atoms with van der Waals surface area (Å²) >= 11 is 0. The van der Waals surface area contributed by atoms with Crippen molar-refractivity contribution in [3.8, 4) is 17.2 Å². The highest BCUT2D eigenvalue weighted by atomic mass is 16.3. The summed E-state index contributed by atoms with van der Waals surface area (Å²) in [5, 5.41) is 27.6. The summed E-state index contributed by atoms with van der Waals surface area (Å²) in [6.07, 6.45) is 1.72. The molecule has 0 aromatic heterocycles. The molecule has 0 aliphatic heterocycles. The van der Waals surface area contributed by atoms with Crippen molar-refractivity contribution >= 4 is 6.08 Å². The van der Waals surface area contributed by atoms with Crippen LogP contribution in [0.5, 0.6) is 17.2 Å². The van der Waals surface area contributed by atoms with E-state index in [4.69, 9.17) is 5.11 Å². The van der Waals surface area contributed by atoms with Gasteiger partial charge in [0, 0.05) is 5.56 Å². The SMILES string of the molecule is CC(C)=Cc1ccc(O)c(O)c1O. The maximum Gasteiger partial charge on any atom is 0.200 e. The van der Waals surface area contributed by atoms with Crippen LogP contribution in [0.25, 0.3) is 6.08 Å². The van der Waals surface area contributed by atoms with Crippen molar-refractivity contribution in [2.45, 2.75) is 13.8 Å². The van der Waals surface area contributed by atoms with Crippen molar-refractivity contribution in [1.82, 2.24) is 0 Å². The van der Waals surface area contributed by atoms with E-state index in [1.165, 1.54) is 12.1 Å². The molecule has 1 aromatic rings. The summed E-state index contributed by atoms with van der Waals surface area (Å²) in [6.45, 7) is 3.76.